The normalized spacial score (nSPS) is 18.4. The summed E-state index contributed by atoms with van der Waals surface area (Å²) >= 11 is 0. The topological polar surface area (TPSA) is 53.0 Å². The van der Waals surface area contributed by atoms with Gasteiger partial charge in [-0.15, -0.1) is 12.4 Å². The van der Waals surface area contributed by atoms with Gasteiger partial charge in [-0.05, 0) is 75.9 Å². The van der Waals surface area contributed by atoms with Crippen LogP contribution in [-0.4, -0.2) is 48.8 Å². The number of hydrogen-bond donors (Lipinski definition) is 1. The summed E-state index contributed by atoms with van der Waals surface area (Å²) < 4.78 is 5.95. The van der Waals surface area contributed by atoms with E-state index in [1.54, 1.807) is 0 Å². The van der Waals surface area contributed by atoms with Gasteiger partial charge in [-0.3, -0.25) is 4.79 Å². The summed E-state index contributed by atoms with van der Waals surface area (Å²) in [7, 11) is 0. The van der Waals surface area contributed by atoms with E-state index in [4.69, 9.17) is 4.74 Å². The largest absolute Gasteiger partial charge is 0.494 e. The van der Waals surface area contributed by atoms with Crippen molar-refractivity contribution in [2.75, 3.05) is 37.7 Å². The number of carbonyl (C=O) groups is 1. The molecule has 2 aliphatic heterocycles. The van der Waals surface area contributed by atoms with Crippen LogP contribution in [0.3, 0.4) is 0 Å². The van der Waals surface area contributed by atoms with Crippen LogP contribution >= 0.6 is 12.4 Å². The highest BCUT2D eigenvalue weighted by Crippen LogP contribution is 2.40. The number of halogens is 1. The van der Waals surface area contributed by atoms with Crippen molar-refractivity contribution in [1.29, 1.82) is 0 Å². The molecule has 4 rings (SSSR count). The SMILES string of the molecule is CCOc1cccc2c1CCc1ccccc1N2CCCN1CCC[C@@H](C(=O)O)C1.Cl. The Bertz CT molecular complexity index is 889. The average molecular weight is 445 g/mol. The standard InChI is InChI=1S/C25H32N2O3.ClH/c1-2-30-24-12-5-11-23-21(24)14-13-19-8-3-4-10-22(19)27(23)17-7-16-26-15-6-9-20(18-26)25(28)29;/h3-5,8,10-12,20H,2,6-7,9,13-18H2,1H3,(H,28,29);1H/t20-;/m1./s1. The third-order valence-electron chi connectivity index (χ3n) is 6.34. The van der Waals surface area contributed by atoms with Gasteiger partial charge < -0.3 is 19.6 Å². The Kier molecular flexibility index (Phi) is 8.22. The maximum Gasteiger partial charge on any atom is 0.307 e. The summed E-state index contributed by atoms with van der Waals surface area (Å²) in [6.07, 6.45) is 4.77. The molecule has 0 aliphatic carbocycles. The van der Waals surface area contributed by atoms with Gasteiger partial charge in [0.1, 0.15) is 5.75 Å². The van der Waals surface area contributed by atoms with E-state index >= 15 is 0 Å². The number of rotatable bonds is 7. The molecule has 1 saturated heterocycles. The van der Waals surface area contributed by atoms with Crippen LogP contribution < -0.4 is 9.64 Å². The molecule has 31 heavy (non-hydrogen) atoms. The molecule has 0 radical (unpaired) electrons. The molecule has 2 heterocycles. The van der Waals surface area contributed by atoms with Crippen LogP contribution in [0.25, 0.3) is 0 Å². The molecular formula is C25H33ClN2O3. The first kappa shape index (κ1) is 23.4. The number of carboxylic acid groups (broad SMARTS) is 1. The molecule has 2 aliphatic rings. The summed E-state index contributed by atoms with van der Waals surface area (Å²) in [5, 5.41) is 9.36. The Labute approximate surface area is 191 Å². The number of aliphatic carboxylic acids is 1. The van der Waals surface area contributed by atoms with Gasteiger partial charge in [-0.25, -0.2) is 0 Å². The van der Waals surface area contributed by atoms with Crippen molar-refractivity contribution in [3.8, 4) is 5.75 Å². The molecule has 0 bridgehead atoms. The molecule has 0 saturated carbocycles. The Morgan fingerprint density at radius 3 is 2.71 bits per heavy atom. The van der Waals surface area contributed by atoms with Crippen LogP contribution in [0.5, 0.6) is 5.75 Å². The number of para-hydroxylation sites is 1. The lowest BCUT2D eigenvalue weighted by atomic mass is 9.98. The van der Waals surface area contributed by atoms with Crippen LogP contribution in [0.15, 0.2) is 42.5 Å². The van der Waals surface area contributed by atoms with Crippen molar-refractivity contribution < 1.29 is 14.6 Å². The fraction of sp³-hybridized carbons (Fsp3) is 0.480. The van der Waals surface area contributed by atoms with Crippen LogP contribution in [0.1, 0.15) is 37.3 Å². The highest BCUT2D eigenvalue weighted by molar-refractivity contribution is 5.85. The van der Waals surface area contributed by atoms with Crippen molar-refractivity contribution in [2.45, 2.75) is 39.0 Å². The highest BCUT2D eigenvalue weighted by Gasteiger charge is 2.26. The monoisotopic (exact) mass is 444 g/mol. The second kappa shape index (κ2) is 10.9. The number of piperidine rings is 1. The molecule has 0 spiro atoms. The minimum absolute atomic E-state index is 0. The van der Waals surface area contributed by atoms with Gasteiger partial charge in [0, 0.05) is 30.0 Å². The predicted octanol–water partition coefficient (Wildman–Crippen LogP) is 4.93. The lowest BCUT2D eigenvalue weighted by Gasteiger charge is -2.32. The summed E-state index contributed by atoms with van der Waals surface area (Å²) in [5.41, 5.74) is 5.19. The third-order valence-corrected chi connectivity index (χ3v) is 6.34. The number of aryl methyl sites for hydroxylation is 1. The first-order chi connectivity index (χ1) is 14.7. The summed E-state index contributed by atoms with van der Waals surface area (Å²) in [4.78, 5) is 16.1. The highest BCUT2D eigenvalue weighted by atomic mass is 35.5. The Morgan fingerprint density at radius 1 is 1.10 bits per heavy atom. The molecular weight excluding hydrogens is 412 g/mol. The van der Waals surface area contributed by atoms with E-state index in [1.807, 2.05) is 6.92 Å². The molecule has 168 valence electrons. The quantitative estimate of drug-likeness (QED) is 0.656. The molecule has 0 aromatic heterocycles. The van der Waals surface area contributed by atoms with Gasteiger partial charge in [-0.1, -0.05) is 24.3 Å². The number of likely N-dealkylation sites (tertiary alicyclic amines) is 1. The van der Waals surface area contributed by atoms with Gasteiger partial charge in [0.25, 0.3) is 0 Å². The molecule has 2 aromatic carbocycles. The molecule has 6 heteroatoms. The number of fused-ring (bicyclic) bond motifs is 2. The smallest absolute Gasteiger partial charge is 0.307 e. The minimum Gasteiger partial charge on any atom is -0.494 e. The van der Waals surface area contributed by atoms with E-state index in [-0.39, 0.29) is 18.3 Å². The first-order valence-corrected chi connectivity index (χ1v) is 11.2. The van der Waals surface area contributed by atoms with Crippen LogP contribution in [-0.2, 0) is 17.6 Å². The third kappa shape index (κ3) is 5.34. The van der Waals surface area contributed by atoms with E-state index in [9.17, 15) is 9.90 Å². The number of carboxylic acids is 1. The van der Waals surface area contributed by atoms with E-state index in [1.165, 1.54) is 22.5 Å². The maximum absolute atomic E-state index is 11.4. The number of nitrogens with zero attached hydrogens (tertiary/aromatic N) is 2. The minimum atomic E-state index is -0.654. The van der Waals surface area contributed by atoms with Gasteiger partial charge in [0.2, 0.25) is 0 Å². The molecule has 0 amide bonds. The zero-order chi connectivity index (χ0) is 20.9. The van der Waals surface area contributed by atoms with Gasteiger partial charge in [0.15, 0.2) is 0 Å². The molecule has 1 fully saturated rings. The second-order valence-corrected chi connectivity index (χ2v) is 8.30. The zero-order valence-corrected chi connectivity index (χ0v) is 19.1. The maximum atomic E-state index is 11.4. The molecule has 5 nitrogen and oxygen atoms in total. The number of benzene rings is 2. The Hall–Kier alpha value is -2.24. The van der Waals surface area contributed by atoms with Crippen LogP contribution in [0, 0.1) is 5.92 Å². The second-order valence-electron chi connectivity index (χ2n) is 8.30. The Morgan fingerprint density at radius 2 is 1.90 bits per heavy atom. The van der Waals surface area contributed by atoms with Crippen molar-refractivity contribution in [2.24, 2.45) is 5.92 Å². The van der Waals surface area contributed by atoms with Gasteiger partial charge >= 0.3 is 5.97 Å². The zero-order valence-electron chi connectivity index (χ0n) is 18.3. The van der Waals surface area contributed by atoms with Crippen molar-refractivity contribution in [3.63, 3.8) is 0 Å². The number of anilines is 2. The van der Waals surface area contributed by atoms with Crippen LogP contribution in [0.4, 0.5) is 11.4 Å². The number of ether oxygens (including phenoxy) is 1. The average Bonchev–Trinajstić information content (AvgIpc) is 2.92. The van der Waals surface area contributed by atoms with Crippen LogP contribution in [0.2, 0.25) is 0 Å². The fourth-order valence-electron chi connectivity index (χ4n) is 4.88. The number of hydrogen-bond acceptors (Lipinski definition) is 4. The molecule has 1 atom stereocenters. The van der Waals surface area contributed by atoms with E-state index in [0.29, 0.717) is 13.2 Å². The predicted molar refractivity (Wildman–Crippen MR) is 127 cm³/mol. The summed E-state index contributed by atoms with van der Waals surface area (Å²) in [6.45, 7) is 6.23. The van der Waals surface area contributed by atoms with Gasteiger partial charge in [0.05, 0.1) is 12.5 Å². The lowest BCUT2D eigenvalue weighted by Crippen LogP contribution is -2.39. The summed E-state index contributed by atoms with van der Waals surface area (Å²) in [6, 6.07) is 15.1. The first-order valence-electron chi connectivity index (χ1n) is 11.2. The molecule has 1 N–H and O–H groups in total. The van der Waals surface area contributed by atoms with E-state index < -0.39 is 5.97 Å². The summed E-state index contributed by atoms with van der Waals surface area (Å²) in [5.74, 6) is 0.124. The van der Waals surface area contributed by atoms with Crippen molar-refractivity contribution in [1.82, 2.24) is 4.90 Å². The Balaban J connectivity index is 0.00000272. The molecule has 2 aromatic rings. The van der Waals surface area contributed by atoms with E-state index in [0.717, 1.165) is 57.5 Å². The molecule has 0 unspecified atom stereocenters. The van der Waals surface area contributed by atoms with E-state index in [2.05, 4.69) is 52.3 Å². The van der Waals surface area contributed by atoms with Gasteiger partial charge in [-0.2, -0.15) is 0 Å². The van der Waals surface area contributed by atoms with Crippen molar-refractivity contribution >= 4 is 29.8 Å². The lowest BCUT2D eigenvalue weighted by molar-refractivity contribution is -0.143. The fourth-order valence-corrected chi connectivity index (χ4v) is 4.88. The van der Waals surface area contributed by atoms with Crippen molar-refractivity contribution in [3.05, 3.63) is 53.6 Å².